The van der Waals surface area contributed by atoms with E-state index in [1.165, 1.54) is 75.4 Å². The molecule has 0 unspecified atom stereocenters. The van der Waals surface area contributed by atoms with E-state index < -0.39 is 0 Å². The Morgan fingerprint density at radius 1 is 0.273 bits per heavy atom. The predicted molar refractivity (Wildman–Crippen MR) is 321 cm³/mol. The molecule has 0 aliphatic heterocycles. The highest BCUT2D eigenvalue weighted by Gasteiger charge is 2.35. The van der Waals surface area contributed by atoms with E-state index in [0.717, 1.165) is 94.1 Å². The molecule has 0 fully saturated rings. The van der Waals surface area contributed by atoms with Crippen LogP contribution in [0, 0.1) is 11.3 Å². The Bertz CT molecular complexity index is 5070. The third-order valence-corrected chi connectivity index (χ3v) is 17.1. The Labute approximate surface area is 439 Å². The molecule has 4 aromatic heterocycles. The number of benzene rings is 14. The van der Waals surface area contributed by atoms with Crippen molar-refractivity contribution in [3.8, 4) is 45.4 Å². The molecule has 77 heavy (non-hydrogen) atoms. The van der Waals surface area contributed by atoms with Gasteiger partial charge in [0.2, 0.25) is 0 Å². The first kappa shape index (κ1) is 40.9. The van der Waals surface area contributed by atoms with E-state index in [2.05, 4.69) is 250 Å². The minimum atomic E-state index is 0.576. The molecule has 0 N–H and O–H groups in total. The number of aromatic nitrogens is 4. The zero-order valence-corrected chi connectivity index (χ0v) is 41.3. The molecule has 0 aliphatic rings. The number of fused-ring (bicyclic) bond motifs is 9. The van der Waals surface area contributed by atoms with Crippen LogP contribution < -0.4 is 0 Å². The zero-order chi connectivity index (χ0) is 50.2. The van der Waals surface area contributed by atoms with Crippen LogP contribution >= 0.6 is 0 Å². The van der Waals surface area contributed by atoms with Gasteiger partial charge in [0, 0.05) is 60.4 Å². The van der Waals surface area contributed by atoms with Crippen LogP contribution in [0.15, 0.2) is 237 Å². The van der Waals surface area contributed by atoms with Crippen LogP contribution in [0.5, 0.6) is 0 Å². The number of nitriles is 1. The summed E-state index contributed by atoms with van der Waals surface area (Å²) >= 11 is 0. The highest BCUT2D eigenvalue weighted by atomic mass is 15.1. The molecule has 4 heterocycles. The van der Waals surface area contributed by atoms with Crippen molar-refractivity contribution < 1.29 is 0 Å². The van der Waals surface area contributed by atoms with Crippen molar-refractivity contribution in [3.63, 3.8) is 0 Å². The van der Waals surface area contributed by atoms with Crippen molar-refractivity contribution >= 4 is 130 Å². The van der Waals surface area contributed by atoms with Crippen molar-refractivity contribution in [2.45, 2.75) is 0 Å². The van der Waals surface area contributed by atoms with E-state index in [1.54, 1.807) is 0 Å². The molecule has 5 heteroatoms. The van der Waals surface area contributed by atoms with Gasteiger partial charge in [-0.05, 0) is 102 Å². The molecule has 352 valence electrons. The number of hydrogen-bond donors (Lipinski definition) is 0. The number of hydrogen-bond acceptors (Lipinski definition) is 2. The minimum Gasteiger partial charge on any atom is -0.308 e. The van der Waals surface area contributed by atoms with Gasteiger partial charge in [-0.25, -0.2) is 0 Å². The first-order valence-corrected chi connectivity index (χ1v) is 26.4. The van der Waals surface area contributed by atoms with Crippen LogP contribution in [0.4, 0.5) is 0 Å². The molecule has 0 atom stereocenters. The van der Waals surface area contributed by atoms with Gasteiger partial charge in [0.1, 0.15) is 11.6 Å². The molecule has 0 saturated carbocycles. The molecule has 0 aliphatic carbocycles. The van der Waals surface area contributed by atoms with Gasteiger partial charge in [-0.3, -0.25) is 4.98 Å². The van der Waals surface area contributed by atoms with E-state index >= 15 is 0 Å². The third-order valence-electron chi connectivity index (χ3n) is 17.1. The van der Waals surface area contributed by atoms with Crippen LogP contribution in [0.1, 0.15) is 5.56 Å². The summed E-state index contributed by atoms with van der Waals surface area (Å²) in [5, 5.41) is 32.9. The number of nitrogens with zero attached hydrogens (tertiary/aromatic N) is 5. The van der Waals surface area contributed by atoms with E-state index in [-0.39, 0.29) is 0 Å². The summed E-state index contributed by atoms with van der Waals surface area (Å²) in [4.78, 5) is 5.09. The fourth-order valence-electron chi connectivity index (χ4n) is 14.4. The Hall–Kier alpha value is -10.5. The fraction of sp³-hybridized carbons (Fsp3) is 0. The molecule has 5 nitrogen and oxygen atoms in total. The van der Waals surface area contributed by atoms with Gasteiger partial charge in [0.05, 0.1) is 55.7 Å². The fourth-order valence-corrected chi connectivity index (χ4v) is 14.4. The summed E-state index contributed by atoms with van der Waals surface area (Å²) in [6.45, 7) is 0. The second-order valence-electron chi connectivity index (χ2n) is 20.7. The molecule has 0 amide bonds. The molecule has 0 saturated heterocycles. The summed E-state index contributed by atoms with van der Waals surface area (Å²) in [5.41, 5.74) is 14.4. The van der Waals surface area contributed by atoms with E-state index in [1.807, 2.05) is 6.20 Å². The van der Waals surface area contributed by atoms with Gasteiger partial charge >= 0.3 is 0 Å². The summed E-state index contributed by atoms with van der Waals surface area (Å²) in [6.07, 6.45) is 1.91. The van der Waals surface area contributed by atoms with E-state index in [4.69, 9.17) is 4.98 Å². The molecule has 14 aromatic carbocycles. The van der Waals surface area contributed by atoms with Gasteiger partial charge in [-0.2, -0.15) is 5.26 Å². The van der Waals surface area contributed by atoms with Crippen LogP contribution in [0.2, 0.25) is 0 Å². The Balaban J connectivity index is 1.17. The molecule has 18 rings (SSSR count). The van der Waals surface area contributed by atoms with Crippen LogP contribution in [-0.2, 0) is 0 Å². The van der Waals surface area contributed by atoms with E-state index in [0.29, 0.717) is 5.56 Å². The topological polar surface area (TPSA) is 51.5 Å². The SMILES string of the molecule is N#Cc1c(-n2c3cccc4c5ccccc5c5cccc2c5c43)c(-c2ccccc2)c(-n2c3cccc4c5cccnc5c5cccc2c5c43)c(-c2ccccc2)c1-n1c2cccc3c4ccccc4c4cccc1c4c32. The standard InChI is InChI=1S/C72H39N5/c73-40-54-70(75-55-33-11-26-47-43-22-7-8-23-44(43)48-27-12-34-56(75)64(48)63(47)55)61(41-18-3-1-4-19-41)72(77-59-37-15-30-51-52-32-17-39-74-69(52)53-31-16-38-60(77)68(53)67(51)59)62(42-20-5-2-6-21-42)71(54)76-57-35-13-28-49-45-24-9-10-25-46(45)50-29-14-36-58(76)66(50)65(49)57/h1-39H. The number of rotatable bonds is 5. The van der Waals surface area contributed by atoms with Crippen molar-refractivity contribution in [2.24, 2.45) is 0 Å². The van der Waals surface area contributed by atoms with Crippen molar-refractivity contribution in [1.29, 1.82) is 5.26 Å². The summed E-state index contributed by atoms with van der Waals surface area (Å²) < 4.78 is 7.45. The first-order chi connectivity index (χ1) is 38.3. The normalized spacial score (nSPS) is 12.4. The van der Waals surface area contributed by atoms with Gasteiger partial charge in [-0.1, -0.05) is 188 Å². The summed E-state index contributed by atoms with van der Waals surface area (Å²) in [6, 6.07) is 87.0. The van der Waals surface area contributed by atoms with Gasteiger partial charge in [-0.15, -0.1) is 0 Å². The Morgan fingerprint density at radius 2 is 0.571 bits per heavy atom. The van der Waals surface area contributed by atoms with Crippen molar-refractivity contribution in [3.05, 3.63) is 242 Å². The summed E-state index contributed by atoms with van der Waals surface area (Å²) in [5.74, 6) is 0. The minimum absolute atomic E-state index is 0.576. The van der Waals surface area contributed by atoms with Gasteiger partial charge in [0.15, 0.2) is 0 Å². The van der Waals surface area contributed by atoms with Crippen LogP contribution in [0.3, 0.4) is 0 Å². The highest BCUT2D eigenvalue weighted by molar-refractivity contribution is 6.37. The average Bonchev–Trinajstić information content (AvgIpc) is 4.32. The largest absolute Gasteiger partial charge is 0.308 e. The number of pyridine rings is 1. The molecular formula is C72H39N5. The van der Waals surface area contributed by atoms with Gasteiger partial charge in [0.25, 0.3) is 0 Å². The summed E-state index contributed by atoms with van der Waals surface area (Å²) in [7, 11) is 0. The van der Waals surface area contributed by atoms with Crippen molar-refractivity contribution in [1.82, 2.24) is 18.7 Å². The lowest BCUT2D eigenvalue weighted by molar-refractivity contribution is 1.09. The Kier molecular flexibility index (Phi) is 7.87. The molecule has 0 spiro atoms. The van der Waals surface area contributed by atoms with Crippen LogP contribution in [-0.4, -0.2) is 18.7 Å². The maximum absolute atomic E-state index is 12.8. The lowest BCUT2D eigenvalue weighted by Crippen LogP contribution is -2.13. The zero-order valence-electron chi connectivity index (χ0n) is 41.3. The van der Waals surface area contributed by atoms with E-state index in [9.17, 15) is 5.26 Å². The highest BCUT2D eigenvalue weighted by Crippen LogP contribution is 2.55. The second-order valence-corrected chi connectivity index (χ2v) is 20.7. The van der Waals surface area contributed by atoms with Crippen LogP contribution in [0.25, 0.3) is 169 Å². The lowest BCUT2D eigenvalue weighted by Gasteiger charge is -2.28. The molecule has 18 aromatic rings. The molecule has 0 radical (unpaired) electrons. The van der Waals surface area contributed by atoms with Gasteiger partial charge < -0.3 is 13.7 Å². The maximum atomic E-state index is 12.8. The average molecular weight is 974 g/mol. The second kappa shape index (κ2) is 14.8. The molecular weight excluding hydrogens is 935 g/mol. The molecule has 0 bridgehead atoms. The smallest absolute Gasteiger partial charge is 0.104 e. The quantitative estimate of drug-likeness (QED) is 0.161. The van der Waals surface area contributed by atoms with Crippen molar-refractivity contribution in [2.75, 3.05) is 0 Å². The monoisotopic (exact) mass is 973 g/mol. The predicted octanol–water partition coefficient (Wildman–Crippen LogP) is 18.8. The first-order valence-electron chi connectivity index (χ1n) is 26.4. The third kappa shape index (κ3) is 5.05. The lowest BCUT2D eigenvalue weighted by atomic mass is 9.88. The maximum Gasteiger partial charge on any atom is 0.104 e. The Morgan fingerprint density at radius 3 is 0.948 bits per heavy atom.